The third kappa shape index (κ3) is 3.94. The zero-order valence-corrected chi connectivity index (χ0v) is 13.0. The van der Waals surface area contributed by atoms with E-state index in [0.717, 1.165) is 30.2 Å². The summed E-state index contributed by atoms with van der Waals surface area (Å²) in [5, 5.41) is 0. The molecule has 0 saturated heterocycles. The van der Waals surface area contributed by atoms with E-state index in [1.165, 1.54) is 24.2 Å². The smallest absolute Gasteiger partial charge is 0.119 e. The second kappa shape index (κ2) is 6.90. The minimum atomic E-state index is 0.752. The third-order valence-electron chi connectivity index (χ3n) is 3.78. The van der Waals surface area contributed by atoms with Crippen LogP contribution >= 0.6 is 11.8 Å². The third-order valence-corrected chi connectivity index (χ3v) is 4.86. The summed E-state index contributed by atoms with van der Waals surface area (Å²) in [5.41, 5.74) is 9.52. The average Bonchev–Trinajstić information content (AvgIpc) is 2.96. The first-order valence-corrected chi connectivity index (χ1v) is 8.53. The molecule has 0 saturated carbocycles. The SMILES string of the molecule is Nc1ccc(OCCCSc2ccc3c(c2)CCC3)cc1. The Balaban J connectivity index is 1.39. The molecular formula is C18H21NOS. The summed E-state index contributed by atoms with van der Waals surface area (Å²) in [6, 6.07) is 14.5. The summed E-state index contributed by atoms with van der Waals surface area (Å²) in [7, 11) is 0. The Kier molecular flexibility index (Phi) is 4.71. The number of benzene rings is 2. The number of hydrogen-bond acceptors (Lipinski definition) is 3. The molecule has 0 aliphatic heterocycles. The molecule has 0 radical (unpaired) electrons. The van der Waals surface area contributed by atoms with E-state index in [0.29, 0.717) is 0 Å². The van der Waals surface area contributed by atoms with Crippen molar-refractivity contribution < 1.29 is 4.74 Å². The Hall–Kier alpha value is -1.61. The van der Waals surface area contributed by atoms with Crippen LogP contribution in [-0.2, 0) is 12.8 Å². The Morgan fingerprint density at radius 3 is 2.67 bits per heavy atom. The number of rotatable bonds is 6. The number of hydrogen-bond donors (Lipinski definition) is 1. The van der Waals surface area contributed by atoms with Crippen LogP contribution in [0.4, 0.5) is 5.69 Å². The predicted octanol–water partition coefficient (Wildman–Crippen LogP) is 4.32. The molecule has 2 aromatic carbocycles. The van der Waals surface area contributed by atoms with Gasteiger partial charge in [0.2, 0.25) is 0 Å². The molecule has 0 fully saturated rings. The summed E-state index contributed by atoms with van der Waals surface area (Å²) in [4.78, 5) is 1.39. The fraction of sp³-hybridized carbons (Fsp3) is 0.333. The van der Waals surface area contributed by atoms with Gasteiger partial charge in [0, 0.05) is 16.3 Å². The van der Waals surface area contributed by atoms with Crippen LogP contribution in [0.25, 0.3) is 0 Å². The highest BCUT2D eigenvalue weighted by Gasteiger charge is 2.10. The number of anilines is 1. The van der Waals surface area contributed by atoms with E-state index in [9.17, 15) is 0 Å². The number of nitrogens with two attached hydrogens (primary N) is 1. The zero-order chi connectivity index (χ0) is 14.5. The van der Waals surface area contributed by atoms with Crippen LogP contribution in [0, 0.1) is 0 Å². The van der Waals surface area contributed by atoms with Crippen molar-refractivity contribution in [3.8, 4) is 5.75 Å². The maximum atomic E-state index is 5.70. The lowest BCUT2D eigenvalue weighted by atomic mass is 10.1. The predicted molar refractivity (Wildman–Crippen MR) is 90.2 cm³/mol. The van der Waals surface area contributed by atoms with Crippen molar-refractivity contribution in [2.75, 3.05) is 18.1 Å². The fourth-order valence-corrected chi connectivity index (χ4v) is 3.53. The van der Waals surface area contributed by atoms with Crippen LogP contribution in [-0.4, -0.2) is 12.4 Å². The Bertz CT molecular complexity index is 595. The minimum Gasteiger partial charge on any atom is -0.494 e. The van der Waals surface area contributed by atoms with Gasteiger partial charge in [0.1, 0.15) is 5.75 Å². The normalized spacial score (nSPS) is 13.1. The maximum absolute atomic E-state index is 5.70. The largest absolute Gasteiger partial charge is 0.494 e. The molecule has 3 rings (SSSR count). The van der Waals surface area contributed by atoms with Crippen LogP contribution in [0.3, 0.4) is 0 Å². The lowest BCUT2D eigenvalue weighted by Gasteiger charge is -2.07. The van der Waals surface area contributed by atoms with Gasteiger partial charge in [0.25, 0.3) is 0 Å². The first kappa shape index (κ1) is 14.3. The van der Waals surface area contributed by atoms with Crippen LogP contribution in [0.5, 0.6) is 5.75 Å². The molecule has 2 N–H and O–H groups in total. The molecule has 0 amide bonds. The first-order chi connectivity index (χ1) is 10.3. The van der Waals surface area contributed by atoms with Crippen molar-refractivity contribution in [2.45, 2.75) is 30.6 Å². The van der Waals surface area contributed by atoms with Gasteiger partial charge in [0.05, 0.1) is 6.61 Å². The molecule has 21 heavy (non-hydrogen) atoms. The highest BCUT2D eigenvalue weighted by molar-refractivity contribution is 7.99. The molecule has 0 heterocycles. The van der Waals surface area contributed by atoms with Gasteiger partial charge in [-0.1, -0.05) is 6.07 Å². The summed E-state index contributed by atoms with van der Waals surface area (Å²) < 4.78 is 5.70. The number of nitrogen functional groups attached to an aromatic ring is 1. The maximum Gasteiger partial charge on any atom is 0.119 e. The van der Waals surface area contributed by atoms with Crippen molar-refractivity contribution in [3.05, 3.63) is 53.6 Å². The van der Waals surface area contributed by atoms with Crippen molar-refractivity contribution in [1.29, 1.82) is 0 Å². The second-order valence-corrected chi connectivity index (χ2v) is 6.57. The van der Waals surface area contributed by atoms with Gasteiger partial charge in [-0.2, -0.15) is 0 Å². The number of ether oxygens (including phenoxy) is 1. The molecular weight excluding hydrogens is 278 g/mol. The van der Waals surface area contributed by atoms with Crippen molar-refractivity contribution in [3.63, 3.8) is 0 Å². The minimum absolute atomic E-state index is 0.752. The molecule has 2 nitrogen and oxygen atoms in total. The van der Waals surface area contributed by atoms with E-state index in [1.54, 1.807) is 11.1 Å². The van der Waals surface area contributed by atoms with Gasteiger partial charge >= 0.3 is 0 Å². The van der Waals surface area contributed by atoms with Crippen molar-refractivity contribution >= 4 is 17.4 Å². The standard InChI is InChI=1S/C18H21NOS/c19-16-6-8-17(9-7-16)20-11-2-12-21-18-10-5-14-3-1-4-15(14)13-18/h5-10,13H,1-4,11-12,19H2. The average molecular weight is 299 g/mol. The van der Waals surface area contributed by atoms with Gasteiger partial charge in [-0.25, -0.2) is 0 Å². The molecule has 1 aliphatic rings. The van der Waals surface area contributed by atoms with Gasteiger partial charge in [0.15, 0.2) is 0 Å². The lowest BCUT2D eigenvalue weighted by Crippen LogP contribution is -1.98. The quantitative estimate of drug-likeness (QED) is 0.490. The molecule has 0 bridgehead atoms. The molecule has 1 aliphatic carbocycles. The van der Waals surface area contributed by atoms with Crippen LogP contribution < -0.4 is 10.5 Å². The van der Waals surface area contributed by atoms with Crippen LogP contribution in [0.1, 0.15) is 24.0 Å². The molecule has 0 atom stereocenters. The molecule has 0 aromatic heterocycles. The topological polar surface area (TPSA) is 35.2 Å². The van der Waals surface area contributed by atoms with Crippen LogP contribution in [0.15, 0.2) is 47.4 Å². The highest BCUT2D eigenvalue weighted by Crippen LogP contribution is 2.27. The number of fused-ring (bicyclic) bond motifs is 1. The summed E-state index contributed by atoms with van der Waals surface area (Å²) in [6.45, 7) is 0.752. The van der Waals surface area contributed by atoms with Crippen molar-refractivity contribution in [2.24, 2.45) is 0 Å². The molecule has 0 unspecified atom stereocenters. The number of aryl methyl sites for hydroxylation is 2. The van der Waals surface area contributed by atoms with E-state index in [-0.39, 0.29) is 0 Å². The van der Waals surface area contributed by atoms with Gasteiger partial charge < -0.3 is 10.5 Å². The monoisotopic (exact) mass is 299 g/mol. The van der Waals surface area contributed by atoms with Crippen molar-refractivity contribution in [1.82, 2.24) is 0 Å². The van der Waals surface area contributed by atoms with Crippen LogP contribution in [0.2, 0.25) is 0 Å². The lowest BCUT2D eigenvalue weighted by molar-refractivity contribution is 0.319. The van der Waals surface area contributed by atoms with E-state index < -0.39 is 0 Å². The zero-order valence-electron chi connectivity index (χ0n) is 12.2. The Morgan fingerprint density at radius 1 is 1.00 bits per heavy atom. The van der Waals surface area contributed by atoms with E-state index in [2.05, 4.69) is 18.2 Å². The van der Waals surface area contributed by atoms with E-state index in [4.69, 9.17) is 10.5 Å². The first-order valence-electron chi connectivity index (χ1n) is 7.54. The summed E-state index contributed by atoms with van der Waals surface area (Å²) >= 11 is 1.92. The van der Waals surface area contributed by atoms with Gasteiger partial charge in [-0.3, -0.25) is 0 Å². The highest BCUT2D eigenvalue weighted by atomic mass is 32.2. The summed E-state index contributed by atoms with van der Waals surface area (Å²) in [6.07, 6.45) is 4.88. The van der Waals surface area contributed by atoms with Gasteiger partial charge in [-0.05, 0) is 73.2 Å². The Labute approximate surface area is 130 Å². The molecule has 2 aromatic rings. The molecule has 3 heteroatoms. The van der Waals surface area contributed by atoms with E-state index in [1.807, 2.05) is 36.0 Å². The number of thioether (sulfide) groups is 1. The summed E-state index contributed by atoms with van der Waals surface area (Å²) in [5.74, 6) is 1.99. The molecule has 0 spiro atoms. The Morgan fingerprint density at radius 2 is 1.81 bits per heavy atom. The second-order valence-electron chi connectivity index (χ2n) is 5.40. The fourth-order valence-electron chi connectivity index (χ4n) is 2.64. The van der Waals surface area contributed by atoms with Gasteiger partial charge in [-0.15, -0.1) is 11.8 Å². The molecule has 110 valence electrons. The van der Waals surface area contributed by atoms with E-state index >= 15 is 0 Å².